The molecule has 0 radical (unpaired) electrons. The number of rotatable bonds is 4. The van der Waals surface area contributed by atoms with Gasteiger partial charge in [-0.25, -0.2) is 17.4 Å². The van der Waals surface area contributed by atoms with Crippen molar-refractivity contribution < 1.29 is 13.2 Å². The van der Waals surface area contributed by atoms with Crippen LogP contribution in [0.1, 0.15) is 10.4 Å². The Hall–Kier alpha value is -2.98. The van der Waals surface area contributed by atoms with E-state index in [-0.39, 0.29) is 21.8 Å². The molecule has 0 atom stereocenters. The van der Waals surface area contributed by atoms with Gasteiger partial charge in [0.1, 0.15) is 0 Å². The zero-order chi connectivity index (χ0) is 20.1. The highest BCUT2D eigenvalue weighted by Gasteiger charge is 2.30. The van der Waals surface area contributed by atoms with E-state index >= 15 is 0 Å². The fourth-order valence-corrected chi connectivity index (χ4v) is 5.49. The van der Waals surface area contributed by atoms with Gasteiger partial charge in [-0.05, 0) is 28.1 Å². The molecule has 1 aromatic carbocycles. The number of halogens is 1. The largest absolute Gasteiger partial charge is 0.397 e. The number of benzene rings is 1. The summed E-state index contributed by atoms with van der Waals surface area (Å²) in [6.07, 6.45) is 5.10. The van der Waals surface area contributed by atoms with Gasteiger partial charge in [0.2, 0.25) is 0 Å². The fraction of sp³-hybridized carbons (Fsp3) is 0.0556. The molecule has 3 heterocycles. The number of fused-ring (bicyclic) bond motifs is 1. The lowest BCUT2D eigenvalue weighted by Crippen LogP contribution is -2.15. The van der Waals surface area contributed by atoms with Crippen LogP contribution in [0.5, 0.6) is 0 Å². The fourth-order valence-electron chi connectivity index (χ4n) is 3.06. The van der Waals surface area contributed by atoms with Gasteiger partial charge in [0.05, 0.1) is 38.7 Å². The van der Waals surface area contributed by atoms with E-state index in [1.54, 1.807) is 42.3 Å². The lowest BCUT2D eigenvalue weighted by molar-refractivity contribution is 0.112. The quantitative estimate of drug-likeness (QED) is 0.469. The van der Waals surface area contributed by atoms with Crippen LogP contribution in [-0.2, 0) is 17.1 Å². The Labute approximate surface area is 168 Å². The number of carbonyl (C=O) groups is 1. The molecule has 0 unspecified atom stereocenters. The maximum absolute atomic E-state index is 13.5. The number of pyridine rings is 1. The number of nitrogens with zero attached hydrogens (tertiary/aromatic N) is 4. The minimum absolute atomic E-state index is 0.0934. The van der Waals surface area contributed by atoms with Gasteiger partial charge in [0.15, 0.2) is 11.9 Å². The number of aldehydes is 1. The molecular weight excluding hydrogens is 446 g/mol. The van der Waals surface area contributed by atoms with Crippen LogP contribution in [0.2, 0.25) is 0 Å². The Morgan fingerprint density at radius 1 is 1.18 bits per heavy atom. The smallest absolute Gasteiger partial charge is 0.269 e. The van der Waals surface area contributed by atoms with Crippen molar-refractivity contribution in [1.29, 1.82) is 0 Å². The van der Waals surface area contributed by atoms with Crippen molar-refractivity contribution in [1.82, 2.24) is 18.7 Å². The summed E-state index contributed by atoms with van der Waals surface area (Å²) in [4.78, 5) is 16.0. The molecule has 8 nitrogen and oxygen atoms in total. The van der Waals surface area contributed by atoms with E-state index in [0.717, 1.165) is 3.97 Å². The first-order chi connectivity index (χ1) is 13.4. The lowest BCUT2D eigenvalue weighted by atomic mass is 10.1. The normalized spacial score (nSPS) is 11.8. The number of anilines is 1. The van der Waals surface area contributed by atoms with Crippen LogP contribution in [-0.4, -0.2) is 33.4 Å². The monoisotopic (exact) mass is 459 g/mol. The second-order valence-electron chi connectivity index (χ2n) is 6.09. The molecular formula is C18H14BrN5O3S. The maximum Gasteiger partial charge on any atom is 0.269 e. The SMILES string of the molecule is Cn1cc(-c2c(Br)c3c(C=O)c(N)cnc3n2S(=O)(=O)c2ccccc2)cn1. The number of nitrogen functional groups attached to an aromatic ring is 1. The van der Waals surface area contributed by atoms with Crippen LogP contribution in [0.3, 0.4) is 0 Å². The highest BCUT2D eigenvalue weighted by atomic mass is 79.9. The Bertz CT molecular complexity index is 1330. The number of nitrogens with two attached hydrogens (primary N) is 1. The zero-order valence-corrected chi connectivity index (χ0v) is 17.0. The van der Waals surface area contributed by atoms with Gasteiger partial charge in [0.25, 0.3) is 10.0 Å². The third-order valence-corrected chi connectivity index (χ3v) is 6.81. The van der Waals surface area contributed by atoms with Crippen molar-refractivity contribution in [3.63, 3.8) is 0 Å². The first-order valence-corrected chi connectivity index (χ1v) is 10.3. The number of hydrogen-bond acceptors (Lipinski definition) is 6. The van der Waals surface area contributed by atoms with Crippen molar-refractivity contribution in [2.24, 2.45) is 7.05 Å². The molecule has 0 aliphatic rings. The Balaban J connectivity index is 2.20. The molecule has 10 heteroatoms. The van der Waals surface area contributed by atoms with Crippen LogP contribution in [0, 0.1) is 0 Å². The van der Waals surface area contributed by atoms with Crippen molar-refractivity contribution in [2.45, 2.75) is 4.90 Å². The van der Waals surface area contributed by atoms with Crippen molar-refractivity contribution in [3.05, 3.63) is 59.0 Å². The Kier molecular flexibility index (Phi) is 4.31. The summed E-state index contributed by atoms with van der Waals surface area (Å²) in [6, 6.07) is 8.01. The lowest BCUT2D eigenvalue weighted by Gasteiger charge is -2.11. The minimum Gasteiger partial charge on any atom is -0.397 e. The third-order valence-electron chi connectivity index (χ3n) is 4.33. The van der Waals surface area contributed by atoms with E-state index in [2.05, 4.69) is 26.0 Å². The van der Waals surface area contributed by atoms with E-state index in [4.69, 9.17) is 5.73 Å². The number of aryl methyl sites for hydroxylation is 1. The van der Waals surface area contributed by atoms with Crippen molar-refractivity contribution in [2.75, 3.05) is 5.73 Å². The molecule has 28 heavy (non-hydrogen) atoms. The summed E-state index contributed by atoms with van der Waals surface area (Å²) in [5.41, 5.74) is 7.19. The predicted molar refractivity (Wildman–Crippen MR) is 108 cm³/mol. The Morgan fingerprint density at radius 3 is 2.50 bits per heavy atom. The first-order valence-electron chi connectivity index (χ1n) is 8.09. The molecule has 0 saturated carbocycles. The van der Waals surface area contributed by atoms with E-state index < -0.39 is 10.0 Å². The molecule has 0 bridgehead atoms. The van der Waals surface area contributed by atoms with Crippen LogP contribution >= 0.6 is 15.9 Å². The van der Waals surface area contributed by atoms with Gasteiger partial charge in [-0.15, -0.1) is 0 Å². The van der Waals surface area contributed by atoms with E-state index in [1.807, 2.05) is 0 Å². The molecule has 0 spiro atoms. The van der Waals surface area contributed by atoms with Crippen LogP contribution in [0.25, 0.3) is 22.3 Å². The number of hydrogen-bond donors (Lipinski definition) is 1. The molecule has 0 amide bonds. The van der Waals surface area contributed by atoms with Gasteiger partial charge in [-0.3, -0.25) is 9.48 Å². The summed E-state index contributed by atoms with van der Waals surface area (Å²) in [7, 11) is -2.30. The summed E-state index contributed by atoms with van der Waals surface area (Å²) in [5, 5.41) is 4.46. The van der Waals surface area contributed by atoms with Gasteiger partial charge >= 0.3 is 0 Å². The summed E-state index contributed by atoms with van der Waals surface area (Å²) < 4.78 is 30.1. The standard InChI is InChI=1S/C18H14BrN5O3S/c1-23-9-11(7-22-23)17-16(19)15-13(10-25)14(20)8-21-18(15)24(17)28(26,27)12-5-3-2-4-6-12/h2-10H,20H2,1H3. The molecule has 0 aliphatic heterocycles. The molecule has 4 aromatic rings. The highest BCUT2D eigenvalue weighted by molar-refractivity contribution is 9.10. The molecule has 0 aliphatic carbocycles. The van der Waals surface area contributed by atoms with Crippen molar-refractivity contribution >= 4 is 49.0 Å². The summed E-state index contributed by atoms with van der Waals surface area (Å²) in [5.74, 6) is 0. The Morgan fingerprint density at radius 2 is 1.89 bits per heavy atom. The highest BCUT2D eigenvalue weighted by Crippen LogP contribution is 2.41. The molecule has 0 fully saturated rings. The number of aromatic nitrogens is 4. The van der Waals surface area contributed by atoms with Gasteiger partial charge in [-0.2, -0.15) is 5.10 Å². The molecule has 142 valence electrons. The van der Waals surface area contributed by atoms with Crippen LogP contribution < -0.4 is 5.73 Å². The van der Waals surface area contributed by atoms with E-state index in [9.17, 15) is 13.2 Å². The average Bonchev–Trinajstić information content (AvgIpc) is 3.24. The predicted octanol–water partition coefficient (Wildman–Crippen LogP) is 2.83. The van der Waals surface area contributed by atoms with E-state index in [0.29, 0.717) is 27.4 Å². The summed E-state index contributed by atoms with van der Waals surface area (Å²) >= 11 is 3.46. The topological polar surface area (TPSA) is 113 Å². The number of carbonyl (C=O) groups excluding carboxylic acids is 1. The van der Waals surface area contributed by atoms with E-state index in [1.165, 1.54) is 18.3 Å². The molecule has 4 rings (SSSR count). The van der Waals surface area contributed by atoms with Gasteiger partial charge in [0, 0.05) is 24.2 Å². The minimum atomic E-state index is -4.02. The summed E-state index contributed by atoms with van der Waals surface area (Å²) in [6.45, 7) is 0. The second kappa shape index (κ2) is 6.57. The molecule has 0 saturated heterocycles. The van der Waals surface area contributed by atoms with Crippen LogP contribution in [0.4, 0.5) is 5.69 Å². The van der Waals surface area contributed by atoms with Crippen LogP contribution in [0.15, 0.2) is 58.3 Å². The van der Waals surface area contributed by atoms with Gasteiger partial charge in [-0.1, -0.05) is 18.2 Å². The molecule has 3 aromatic heterocycles. The van der Waals surface area contributed by atoms with Crippen molar-refractivity contribution in [3.8, 4) is 11.3 Å². The first kappa shape index (κ1) is 18.4. The second-order valence-corrected chi connectivity index (χ2v) is 8.67. The molecule has 2 N–H and O–H groups in total. The van der Waals surface area contributed by atoms with Gasteiger partial charge < -0.3 is 5.73 Å². The maximum atomic E-state index is 13.5. The third kappa shape index (κ3) is 2.64. The zero-order valence-electron chi connectivity index (χ0n) is 14.6. The average molecular weight is 460 g/mol.